The van der Waals surface area contributed by atoms with Crippen LogP contribution in [0.3, 0.4) is 0 Å². The first-order valence-corrected chi connectivity index (χ1v) is 7.62. The molecule has 106 valence electrons. The Morgan fingerprint density at radius 1 is 1.21 bits per heavy atom. The summed E-state index contributed by atoms with van der Waals surface area (Å²) in [4.78, 5) is 2.61. The summed E-state index contributed by atoms with van der Waals surface area (Å²) in [5.41, 5.74) is 10.6. The van der Waals surface area contributed by atoms with Gasteiger partial charge in [-0.1, -0.05) is 32.0 Å². The molecule has 0 aliphatic carbocycles. The molecule has 0 amide bonds. The molecule has 0 saturated carbocycles. The van der Waals surface area contributed by atoms with Crippen LogP contribution in [0.4, 0.5) is 5.69 Å². The Labute approximate surface area is 118 Å². The molecule has 1 atom stereocenters. The Hall–Kier alpha value is -1.02. The SMILES string of the molecule is CCc1cccc(CC)c1N1CC(CN)CC1(C)C. The van der Waals surface area contributed by atoms with Crippen molar-refractivity contribution in [2.75, 3.05) is 18.0 Å². The molecule has 0 spiro atoms. The van der Waals surface area contributed by atoms with Crippen LogP contribution in [0, 0.1) is 5.92 Å². The fourth-order valence-electron chi connectivity index (χ4n) is 3.50. The maximum atomic E-state index is 5.91. The van der Waals surface area contributed by atoms with Crippen LogP contribution in [-0.4, -0.2) is 18.6 Å². The third kappa shape index (κ3) is 2.64. The lowest BCUT2D eigenvalue weighted by Crippen LogP contribution is -2.39. The van der Waals surface area contributed by atoms with Gasteiger partial charge in [0.2, 0.25) is 0 Å². The standard InChI is InChI=1S/C17H28N2/c1-5-14-8-7-9-15(6-2)16(14)19-12-13(11-18)10-17(19,3)4/h7-9,13H,5-6,10-12,18H2,1-4H3. The van der Waals surface area contributed by atoms with Crippen molar-refractivity contribution in [2.45, 2.75) is 52.5 Å². The molecule has 1 aromatic carbocycles. The van der Waals surface area contributed by atoms with Gasteiger partial charge in [-0.15, -0.1) is 0 Å². The quantitative estimate of drug-likeness (QED) is 0.899. The van der Waals surface area contributed by atoms with Gasteiger partial charge in [-0.25, -0.2) is 0 Å². The molecule has 1 fully saturated rings. The minimum atomic E-state index is 0.221. The molecule has 1 unspecified atom stereocenters. The Kier molecular flexibility index (Phi) is 4.19. The van der Waals surface area contributed by atoms with Crippen molar-refractivity contribution in [1.29, 1.82) is 0 Å². The van der Waals surface area contributed by atoms with Crippen LogP contribution < -0.4 is 10.6 Å². The lowest BCUT2D eigenvalue weighted by molar-refractivity contribution is 0.475. The Morgan fingerprint density at radius 2 is 1.79 bits per heavy atom. The first kappa shape index (κ1) is 14.4. The second-order valence-electron chi connectivity index (χ2n) is 6.36. The molecule has 0 bridgehead atoms. The van der Waals surface area contributed by atoms with Gasteiger partial charge in [0.05, 0.1) is 0 Å². The summed E-state index contributed by atoms with van der Waals surface area (Å²) in [6.07, 6.45) is 3.40. The number of para-hydroxylation sites is 1. The van der Waals surface area contributed by atoms with Crippen molar-refractivity contribution in [3.8, 4) is 0 Å². The van der Waals surface area contributed by atoms with Gasteiger partial charge in [0.1, 0.15) is 0 Å². The molecule has 0 aromatic heterocycles. The molecule has 19 heavy (non-hydrogen) atoms. The number of anilines is 1. The Bertz CT molecular complexity index is 415. The zero-order valence-electron chi connectivity index (χ0n) is 12.9. The largest absolute Gasteiger partial charge is 0.366 e. The van der Waals surface area contributed by atoms with Crippen LogP contribution in [0.1, 0.15) is 45.2 Å². The van der Waals surface area contributed by atoms with Crippen molar-refractivity contribution in [3.63, 3.8) is 0 Å². The van der Waals surface area contributed by atoms with Gasteiger partial charge < -0.3 is 10.6 Å². The number of rotatable bonds is 4. The summed E-state index contributed by atoms with van der Waals surface area (Å²) in [5, 5.41) is 0. The van der Waals surface area contributed by atoms with E-state index in [-0.39, 0.29) is 5.54 Å². The fraction of sp³-hybridized carbons (Fsp3) is 0.647. The first-order chi connectivity index (χ1) is 9.03. The van der Waals surface area contributed by atoms with E-state index in [9.17, 15) is 0 Å². The summed E-state index contributed by atoms with van der Waals surface area (Å²) < 4.78 is 0. The summed E-state index contributed by atoms with van der Waals surface area (Å²) in [7, 11) is 0. The van der Waals surface area contributed by atoms with Crippen molar-refractivity contribution in [3.05, 3.63) is 29.3 Å². The zero-order chi connectivity index (χ0) is 14.0. The average Bonchev–Trinajstić information content (AvgIpc) is 2.72. The van der Waals surface area contributed by atoms with Crippen LogP contribution in [0.5, 0.6) is 0 Å². The van der Waals surface area contributed by atoms with E-state index in [1.54, 1.807) is 0 Å². The molecule has 1 aromatic rings. The van der Waals surface area contributed by atoms with Crippen LogP contribution in [-0.2, 0) is 12.8 Å². The van der Waals surface area contributed by atoms with E-state index in [0.29, 0.717) is 5.92 Å². The van der Waals surface area contributed by atoms with Crippen molar-refractivity contribution >= 4 is 5.69 Å². The molecule has 0 radical (unpaired) electrons. The minimum Gasteiger partial charge on any atom is -0.366 e. The molecule has 2 rings (SSSR count). The molecule has 1 heterocycles. The molecule has 1 aliphatic rings. The molecular weight excluding hydrogens is 232 g/mol. The maximum Gasteiger partial charge on any atom is 0.0435 e. The lowest BCUT2D eigenvalue weighted by Gasteiger charge is -2.36. The van der Waals surface area contributed by atoms with Gasteiger partial charge >= 0.3 is 0 Å². The van der Waals surface area contributed by atoms with Gasteiger partial charge in [-0.3, -0.25) is 0 Å². The highest BCUT2D eigenvalue weighted by Crippen LogP contribution is 2.40. The van der Waals surface area contributed by atoms with Crippen molar-refractivity contribution in [1.82, 2.24) is 0 Å². The van der Waals surface area contributed by atoms with E-state index in [1.165, 1.54) is 23.2 Å². The molecular formula is C17H28N2. The second-order valence-corrected chi connectivity index (χ2v) is 6.36. The first-order valence-electron chi connectivity index (χ1n) is 7.62. The third-order valence-electron chi connectivity index (χ3n) is 4.53. The van der Waals surface area contributed by atoms with Gasteiger partial charge in [0.25, 0.3) is 0 Å². The maximum absolute atomic E-state index is 5.91. The third-order valence-corrected chi connectivity index (χ3v) is 4.53. The molecule has 1 aliphatic heterocycles. The molecule has 2 N–H and O–H groups in total. The van der Waals surface area contributed by atoms with Crippen LogP contribution in [0.2, 0.25) is 0 Å². The van der Waals surface area contributed by atoms with E-state index >= 15 is 0 Å². The summed E-state index contributed by atoms with van der Waals surface area (Å²) in [5.74, 6) is 0.629. The van der Waals surface area contributed by atoms with E-state index in [2.05, 4.69) is 50.8 Å². The topological polar surface area (TPSA) is 29.3 Å². The number of nitrogens with zero attached hydrogens (tertiary/aromatic N) is 1. The molecule has 2 heteroatoms. The number of benzene rings is 1. The molecule has 2 nitrogen and oxygen atoms in total. The van der Waals surface area contributed by atoms with Gasteiger partial charge in [0, 0.05) is 17.8 Å². The van der Waals surface area contributed by atoms with Crippen LogP contribution >= 0.6 is 0 Å². The predicted octanol–water partition coefficient (Wildman–Crippen LogP) is 3.38. The van der Waals surface area contributed by atoms with Gasteiger partial charge in [0.15, 0.2) is 0 Å². The highest BCUT2D eigenvalue weighted by Gasteiger charge is 2.39. The summed E-state index contributed by atoms with van der Waals surface area (Å²) in [6.45, 7) is 11.1. The Balaban J connectivity index is 2.46. The zero-order valence-corrected chi connectivity index (χ0v) is 12.9. The normalized spacial score (nSPS) is 21.9. The van der Waals surface area contributed by atoms with Gasteiger partial charge in [-0.2, -0.15) is 0 Å². The minimum absolute atomic E-state index is 0.221. The monoisotopic (exact) mass is 260 g/mol. The van der Waals surface area contributed by atoms with E-state index < -0.39 is 0 Å². The predicted molar refractivity (Wildman–Crippen MR) is 83.8 cm³/mol. The van der Waals surface area contributed by atoms with E-state index in [0.717, 1.165) is 25.9 Å². The lowest BCUT2D eigenvalue weighted by atomic mass is 9.94. The van der Waals surface area contributed by atoms with Gasteiger partial charge in [-0.05, 0) is 56.7 Å². The number of hydrogen-bond donors (Lipinski definition) is 1. The highest BCUT2D eigenvalue weighted by molar-refractivity contribution is 5.62. The fourth-order valence-corrected chi connectivity index (χ4v) is 3.50. The number of nitrogens with two attached hydrogens (primary N) is 1. The summed E-state index contributed by atoms with van der Waals surface area (Å²) >= 11 is 0. The number of aryl methyl sites for hydroxylation is 2. The highest BCUT2D eigenvalue weighted by atomic mass is 15.2. The smallest absolute Gasteiger partial charge is 0.0435 e. The average molecular weight is 260 g/mol. The van der Waals surface area contributed by atoms with Crippen LogP contribution in [0.25, 0.3) is 0 Å². The van der Waals surface area contributed by atoms with Crippen molar-refractivity contribution in [2.24, 2.45) is 11.7 Å². The van der Waals surface area contributed by atoms with E-state index in [4.69, 9.17) is 5.73 Å². The van der Waals surface area contributed by atoms with Crippen molar-refractivity contribution < 1.29 is 0 Å². The Morgan fingerprint density at radius 3 is 2.21 bits per heavy atom. The summed E-state index contributed by atoms with van der Waals surface area (Å²) in [6, 6.07) is 6.76. The number of hydrogen-bond acceptors (Lipinski definition) is 2. The van der Waals surface area contributed by atoms with E-state index in [1.807, 2.05) is 0 Å². The van der Waals surface area contributed by atoms with Crippen LogP contribution in [0.15, 0.2) is 18.2 Å². The second kappa shape index (κ2) is 5.54. The molecule has 1 saturated heterocycles.